The lowest BCUT2D eigenvalue weighted by Gasteiger charge is -2.33. The normalized spacial score (nSPS) is 16.6. The van der Waals surface area contributed by atoms with Crippen molar-refractivity contribution in [1.29, 1.82) is 0 Å². The Labute approximate surface area is 223 Å². The molecule has 2 aliphatic rings. The van der Waals surface area contributed by atoms with Crippen molar-refractivity contribution in [2.75, 3.05) is 43.4 Å². The van der Waals surface area contributed by atoms with Gasteiger partial charge in [0.15, 0.2) is 11.6 Å². The molecule has 198 valence electrons. The maximum atomic E-state index is 16.1. The van der Waals surface area contributed by atoms with Gasteiger partial charge in [0.2, 0.25) is 5.91 Å². The Balaban J connectivity index is 1.26. The minimum atomic E-state index is -0.432. The van der Waals surface area contributed by atoms with E-state index in [0.29, 0.717) is 39.2 Å². The number of halogens is 1. The summed E-state index contributed by atoms with van der Waals surface area (Å²) in [6.45, 7) is 3.63. The number of carbonyl (C=O) groups excluding carboxylic acids is 1. The Hall–Kier alpha value is -4.38. The molecule has 2 fully saturated rings. The quantitative estimate of drug-likeness (QED) is 0.315. The number of carbonyl (C=O) groups is 1. The van der Waals surface area contributed by atoms with Crippen LogP contribution < -0.4 is 10.2 Å². The first kappa shape index (κ1) is 23.7. The van der Waals surface area contributed by atoms with Crippen LogP contribution in [0.4, 0.5) is 15.9 Å². The van der Waals surface area contributed by atoms with Crippen molar-refractivity contribution in [2.24, 2.45) is 5.92 Å². The lowest BCUT2D eigenvalue weighted by molar-refractivity contribution is -0.122. The standard InChI is InChI=1S/C28H28FN9O/c1-37-9-11-38(12-10-37)27-24-21(7-8-31-27)33-26(34-24)25-22-20(35-36-25)6-5-19(23(22)29)17-13-18(15-30-14-17)32-28(39)16-3-2-4-16/h5-8,13-16H,2-4,9-12H2,1H3,(H,32,39)(H,33,34)(H,35,36). The number of fused-ring (bicyclic) bond motifs is 2. The summed E-state index contributed by atoms with van der Waals surface area (Å²) in [6.07, 6.45) is 7.83. The highest BCUT2D eigenvalue weighted by atomic mass is 19.1. The van der Waals surface area contributed by atoms with Crippen LogP contribution in [0.1, 0.15) is 19.3 Å². The first-order chi connectivity index (χ1) is 19.0. The number of amides is 1. The zero-order valence-electron chi connectivity index (χ0n) is 21.5. The number of H-pyrrole nitrogens is 2. The number of hydrogen-bond acceptors (Lipinski definition) is 7. The molecule has 10 nitrogen and oxygen atoms in total. The van der Waals surface area contributed by atoms with Crippen LogP contribution >= 0.6 is 0 Å². The lowest BCUT2D eigenvalue weighted by Crippen LogP contribution is -2.44. The van der Waals surface area contributed by atoms with Gasteiger partial charge in [-0.2, -0.15) is 5.10 Å². The van der Waals surface area contributed by atoms with Crippen LogP contribution in [0.5, 0.6) is 0 Å². The van der Waals surface area contributed by atoms with Gasteiger partial charge < -0.3 is 20.1 Å². The summed E-state index contributed by atoms with van der Waals surface area (Å²) < 4.78 is 16.1. The largest absolute Gasteiger partial charge is 0.352 e. The topological polar surface area (TPSA) is 119 Å². The fraction of sp³-hybridized carbons (Fsp3) is 0.321. The highest BCUT2D eigenvalue weighted by molar-refractivity contribution is 5.98. The molecule has 7 rings (SSSR count). The van der Waals surface area contributed by atoms with E-state index in [2.05, 4.69) is 47.3 Å². The SMILES string of the molecule is CN1CCN(c2nccc3[nH]c(-c4n[nH]c5ccc(-c6cncc(NC(=O)C7CCC7)c6)c(F)c45)nc23)CC1. The van der Waals surface area contributed by atoms with E-state index in [1.807, 2.05) is 6.07 Å². The molecular weight excluding hydrogens is 497 g/mol. The highest BCUT2D eigenvalue weighted by Crippen LogP contribution is 2.35. The molecule has 0 unspecified atom stereocenters. The zero-order valence-corrected chi connectivity index (χ0v) is 21.5. The zero-order chi connectivity index (χ0) is 26.5. The molecule has 11 heteroatoms. The molecule has 1 aliphatic carbocycles. The number of pyridine rings is 2. The number of hydrogen-bond donors (Lipinski definition) is 3. The molecule has 1 saturated heterocycles. The van der Waals surface area contributed by atoms with Crippen LogP contribution in [-0.4, -0.2) is 74.2 Å². The fourth-order valence-electron chi connectivity index (χ4n) is 5.32. The number of anilines is 2. The van der Waals surface area contributed by atoms with Gasteiger partial charge >= 0.3 is 0 Å². The maximum Gasteiger partial charge on any atom is 0.227 e. The van der Waals surface area contributed by atoms with E-state index in [1.165, 1.54) is 0 Å². The first-order valence-electron chi connectivity index (χ1n) is 13.3. The summed E-state index contributed by atoms with van der Waals surface area (Å²) in [5, 5.41) is 10.6. The van der Waals surface area contributed by atoms with Crippen molar-refractivity contribution in [1.82, 2.24) is 35.0 Å². The number of imidazole rings is 1. The second-order valence-electron chi connectivity index (χ2n) is 10.4. The molecule has 3 N–H and O–H groups in total. The average molecular weight is 526 g/mol. The summed E-state index contributed by atoms with van der Waals surface area (Å²) >= 11 is 0. The summed E-state index contributed by atoms with van der Waals surface area (Å²) in [4.78, 5) is 34.0. The van der Waals surface area contributed by atoms with Crippen molar-refractivity contribution in [3.8, 4) is 22.6 Å². The van der Waals surface area contributed by atoms with Gasteiger partial charge in [-0.3, -0.25) is 14.9 Å². The minimum absolute atomic E-state index is 0.0106. The van der Waals surface area contributed by atoms with Crippen molar-refractivity contribution < 1.29 is 9.18 Å². The maximum absolute atomic E-state index is 16.1. The van der Waals surface area contributed by atoms with Crippen LogP contribution in [-0.2, 0) is 4.79 Å². The van der Waals surface area contributed by atoms with E-state index in [-0.39, 0.29) is 11.8 Å². The van der Waals surface area contributed by atoms with Crippen molar-refractivity contribution in [2.45, 2.75) is 19.3 Å². The van der Waals surface area contributed by atoms with Gasteiger partial charge in [-0.05, 0) is 44.2 Å². The smallest absolute Gasteiger partial charge is 0.227 e. The van der Waals surface area contributed by atoms with Crippen LogP contribution in [0.3, 0.4) is 0 Å². The molecule has 0 bridgehead atoms. The van der Waals surface area contributed by atoms with Gasteiger partial charge in [0.1, 0.15) is 17.0 Å². The number of nitrogens with one attached hydrogen (secondary N) is 3. The molecule has 0 radical (unpaired) electrons. The van der Waals surface area contributed by atoms with E-state index in [4.69, 9.17) is 4.98 Å². The number of rotatable bonds is 5. The Bertz CT molecular complexity index is 1700. The second kappa shape index (κ2) is 9.42. The van der Waals surface area contributed by atoms with Gasteiger partial charge in [0.05, 0.1) is 28.3 Å². The molecule has 5 heterocycles. The predicted molar refractivity (Wildman–Crippen MR) is 148 cm³/mol. The van der Waals surface area contributed by atoms with Crippen LogP contribution in [0.25, 0.3) is 44.6 Å². The number of likely N-dealkylation sites (N-methyl/N-ethyl adjacent to an activating group) is 1. The van der Waals surface area contributed by atoms with E-state index < -0.39 is 5.82 Å². The number of aromatic nitrogens is 6. The lowest BCUT2D eigenvalue weighted by atomic mass is 9.85. The van der Waals surface area contributed by atoms with Crippen LogP contribution in [0.15, 0.2) is 42.9 Å². The summed E-state index contributed by atoms with van der Waals surface area (Å²) in [5.74, 6) is 0.888. The van der Waals surface area contributed by atoms with Crippen molar-refractivity contribution in [3.63, 3.8) is 0 Å². The number of benzene rings is 1. The van der Waals surface area contributed by atoms with Gasteiger partial charge in [-0.25, -0.2) is 14.4 Å². The number of piperazine rings is 1. The van der Waals surface area contributed by atoms with E-state index in [9.17, 15) is 4.79 Å². The molecule has 0 spiro atoms. The average Bonchev–Trinajstić information content (AvgIpc) is 3.53. The molecule has 5 aromatic rings. The molecule has 1 aliphatic heterocycles. The van der Waals surface area contributed by atoms with Crippen LogP contribution in [0.2, 0.25) is 0 Å². The molecule has 1 aromatic carbocycles. The monoisotopic (exact) mass is 525 g/mol. The van der Waals surface area contributed by atoms with Gasteiger partial charge in [-0.1, -0.05) is 6.42 Å². The second-order valence-corrected chi connectivity index (χ2v) is 10.4. The Morgan fingerprint density at radius 2 is 1.95 bits per heavy atom. The summed E-state index contributed by atoms with van der Waals surface area (Å²) in [7, 11) is 2.11. The molecule has 1 amide bonds. The summed E-state index contributed by atoms with van der Waals surface area (Å²) in [6, 6.07) is 7.12. The molecule has 39 heavy (non-hydrogen) atoms. The van der Waals surface area contributed by atoms with E-state index in [0.717, 1.165) is 62.3 Å². The highest BCUT2D eigenvalue weighted by Gasteiger charge is 2.26. The van der Waals surface area contributed by atoms with Crippen molar-refractivity contribution >= 4 is 39.3 Å². The molecule has 0 atom stereocenters. The van der Waals surface area contributed by atoms with Gasteiger partial charge in [0, 0.05) is 55.6 Å². The molecule has 4 aromatic heterocycles. The number of nitrogens with zero attached hydrogens (tertiary/aromatic N) is 6. The third-order valence-corrected chi connectivity index (χ3v) is 7.87. The van der Waals surface area contributed by atoms with Gasteiger partial charge in [-0.15, -0.1) is 0 Å². The van der Waals surface area contributed by atoms with E-state index >= 15 is 4.39 Å². The van der Waals surface area contributed by atoms with Crippen LogP contribution in [0, 0.1) is 11.7 Å². The minimum Gasteiger partial charge on any atom is -0.352 e. The van der Waals surface area contributed by atoms with E-state index in [1.54, 1.807) is 36.8 Å². The third kappa shape index (κ3) is 4.19. The molecular formula is C28H28FN9O. The summed E-state index contributed by atoms with van der Waals surface area (Å²) in [5.41, 5.74) is 4.01. The first-order valence-corrected chi connectivity index (χ1v) is 13.3. The Morgan fingerprint density at radius 1 is 1.10 bits per heavy atom. The predicted octanol–water partition coefficient (Wildman–Crippen LogP) is 4.19. The fourth-order valence-corrected chi connectivity index (χ4v) is 5.32. The van der Waals surface area contributed by atoms with Crippen molar-refractivity contribution in [3.05, 3.63) is 48.7 Å². The van der Waals surface area contributed by atoms with Gasteiger partial charge in [0.25, 0.3) is 0 Å². The molecule has 1 saturated carbocycles. The Morgan fingerprint density at radius 3 is 2.74 bits per heavy atom. The number of aromatic amines is 2. The Kier molecular flexibility index (Phi) is 5.73. The third-order valence-electron chi connectivity index (χ3n) is 7.87.